The number of allylic oxidation sites excluding steroid dienone is 3. The molecule has 1 aliphatic heterocycles. The molecule has 138 valence electrons. The summed E-state index contributed by atoms with van der Waals surface area (Å²) in [5, 5.41) is 17.8. The van der Waals surface area contributed by atoms with Crippen LogP contribution in [0.4, 0.5) is 0 Å². The molecule has 0 aromatic heterocycles. The molecule has 3 N–H and O–H groups in total. The van der Waals surface area contributed by atoms with E-state index in [1.165, 1.54) is 19.3 Å². The molecule has 2 aliphatic rings. The molecule has 0 aromatic rings. The van der Waals surface area contributed by atoms with Gasteiger partial charge in [-0.1, -0.05) is 45.1 Å². The van der Waals surface area contributed by atoms with Gasteiger partial charge in [0.05, 0.1) is 0 Å². The zero-order valence-corrected chi connectivity index (χ0v) is 16.0. The van der Waals surface area contributed by atoms with E-state index in [2.05, 4.69) is 67.7 Å². The second-order valence-corrected chi connectivity index (χ2v) is 8.30. The van der Waals surface area contributed by atoms with Crippen molar-refractivity contribution in [2.24, 2.45) is 16.7 Å². The van der Waals surface area contributed by atoms with E-state index in [1.54, 1.807) is 0 Å². The summed E-state index contributed by atoms with van der Waals surface area (Å²) in [7, 11) is 2.07. The third kappa shape index (κ3) is 5.16. The van der Waals surface area contributed by atoms with E-state index < -0.39 is 6.23 Å². The van der Waals surface area contributed by atoms with Gasteiger partial charge in [0.25, 0.3) is 0 Å². The van der Waals surface area contributed by atoms with Crippen molar-refractivity contribution in [2.75, 3.05) is 33.4 Å². The molecule has 0 radical (unpaired) electrons. The van der Waals surface area contributed by atoms with E-state index in [9.17, 15) is 5.11 Å². The summed E-state index contributed by atoms with van der Waals surface area (Å²) in [4.78, 5) is 2.17. The molecular formula is C20H37N3O. The van der Waals surface area contributed by atoms with Crippen molar-refractivity contribution in [1.29, 1.82) is 0 Å². The highest BCUT2D eigenvalue weighted by Crippen LogP contribution is 2.56. The first kappa shape index (κ1) is 19.6. The largest absolute Gasteiger partial charge is 0.377 e. The van der Waals surface area contributed by atoms with Crippen molar-refractivity contribution < 1.29 is 5.11 Å². The van der Waals surface area contributed by atoms with Gasteiger partial charge < -0.3 is 15.7 Å². The maximum atomic E-state index is 10.9. The predicted octanol–water partition coefficient (Wildman–Crippen LogP) is 2.72. The number of rotatable bonds is 7. The lowest BCUT2D eigenvalue weighted by molar-refractivity contribution is -0.0547. The molecular weight excluding hydrogens is 298 g/mol. The minimum atomic E-state index is -0.460. The van der Waals surface area contributed by atoms with E-state index in [1.807, 2.05) is 0 Å². The molecule has 1 saturated carbocycles. The molecule has 3 atom stereocenters. The van der Waals surface area contributed by atoms with Crippen LogP contribution in [0.5, 0.6) is 0 Å². The molecule has 1 heterocycles. The summed E-state index contributed by atoms with van der Waals surface area (Å²) in [5.41, 5.74) is 0.142. The third-order valence-electron chi connectivity index (χ3n) is 5.68. The van der Waals surface area contributed by atoms with Crippen molar-refractivity contribution in [1.82, 2.24) is 15.5 Å². The average molecular weight is 336 g/mol. The van der Waals surface area contributed by atoms with Crippen LogP contribution < -0.4 is 10.6 Å². The zero-order valence-electron chi connectivity index (χ0n) is 16.0. The first-order valence-corrected chi connectivity index (χ1v) is 9.55. The Hall–Kier alpha value is -0.680. The first-order chi connectivity index (χ1) is 11.4. The molecule has 0 unspecified atom stereocenters. The highest BCUT2D eigenvalue weighted by molar-refractivity contribution is 5.09. The van der Waals surface area contributed by atoms with Crippen molar-refractivity contribution >= 4 is 0 Å². The number of nitrogens with one attached hydrogen (secondary N) is 2. The van der Waals surface area contributed by atoms with Crippen molar-refractivity contribution in [2.45, 2.75) is 52.7 Å². The Morgan fingerprint density at radius 1 is 1.33 bits per heavy atom. The number of aliphatic hydroxyl groups excluding tert-OH is 1. The van der Waals surface area contributed by atoms with Crippen LogP contribution in [0.1, 0.15) is 46.5 Å². The SMILES string of the molecule is CC/C=C\C=C/C(C)(C)[C@H](O)N(C)C[C@@]12CCCNCNC[C@@H]1C2. The van der Waals surface area contributed by atoms with Gasteiger partial charge in [0.1, 0.15) is 6.23 Å². The molecule has 0 aromatic carbocycles. The summed E-state index contributed by atoms with van der Waals surface area (Å²) in [5.74, 6) is 0.762. The van der Waals surface area contributed by atoms with Gasteiger partial charge in [-0.3, -0.25) is 4.90 Å². The van der Waals surface area contributed by atoms with Gasteiger partial charge in [-0.05, 0) is 57.2 Å². The average Bonchev–Trinajstić information content (AvgIpc) is 3.20. The second kappa shape index (κ2) is 8.61. The van der Waals surface area contributed by atoms with E-state index >= 15 is 0 Å². The lowest BCUT2D eigenvalue weighted by Gasteiger charge is -2.37. The number of fused-ring (bicyclic) bond motifs is 1. The molecule has 24 heavy (non-hydrogen) atoms. The summed E-state index contributed by atoms with van der Waals surface area (Å²) >= 11 is 0. The molecule has 1 aliphatic carbocycles. The summed E-state index contributed by atoms with van der Waals surface area (Å²) < 4.78 is 0. The lowest BCUT2D eigenvalue weighted by atomic mass is 9.88. The van der Waals surface area contributed by atoms with Crippen molar-refractivity contribution in [3.63, 3.8) is 0 Å². The monoisotopic (exact) mass is 335 g/mol. The van der Waals surface area contributed by atoms with E-state index in [-0.39, 0.29) is 5.41 Å². The predicted molar refractivity (Wildman–Crippen MR) is 102 cm³/mol. The van der Waals surface area contributed by atoms with E-state index in [0.717, 1.165) is 38.6 Å². The van der Waals surface area contributed by atoms with Crippen LogP contribution in [0, 0.1) is 16.7 Å². The summed E-state index contributed by atoms with van der Waals surface area (Å²) in [6.07, 6.45) is 12.8. The maximum absolute atomic E-state index is 10.9. The van der Waals surface area contributed by atoms with Crippen LogP contribution in [0.25, 0.3) is 0 Å². The molecule has 2 fully saturated rings. The standard InChI is InChI=1S/C20H37N3O/c1-5-6-7-8-10-19(2,3)18(24)23(4)15-20-11-9-12-21-16-22-14-17(20)13-20/h6-8,10,17-18,21-22,24H,5,9,11-16H2,1-4H3/b7-6-,10-8-/t17-,18-,20-/m0/s1. The fourth-order valence-electron chi connectivity index (χ4n) is 4.04. The Bertz CT molecular complexity index is 446. The second-order valence-electron chi connectivity index (χ2n) is 8.30. The Balaban J connectivity index is 1.93. The summed E-state index contributed by atoms with van der Waals surface area (Å²) in [6.45, 7) is 10.5. The van der Waals surface area contributed by atoms with Crippen LogP contribution in [-0.4, -0.2) is 49.6 Å². The molecule has 4 nitrogen and oxygen atoms in total. The van der Waals surface area contributed by atoms with Gasteiger partial charge in [0.15, 0.2) is 0 Å². The molecule has 0 amide bonds. The van der Waals surface area contributed by atoms with Crippen LogP contribution in [0.2, 0.25) is 0 Å². The van der Waals surface area contributed by atoms with Crippen LogP contribution in [0.15, 0.2) is 24.3 Å². The van der Waals surface area contributed by atoms with Gasteiger partial charge in [-0.15, -0.1) is 0 Å². The smallest absolute Gasteiger partial charge is 0.115 e. The molecule has 1 saturated heterocycles. The van der Waals surface area contributed by atoms with Crippen molar-refractivity contribution in [3.8, 4) is 0 Å². The van der Waals surface area contributed by atoms with E-state index in [0.29, 0.717) is 5.41 Å². The van der Waals surface area contributed by atoms with Gasteiger partial charge in [-0.2, -0.15) is 0 Å². The maximum Gasteiger partial charge on any atom is 0.115 e. The summed E-state index contributed by atoms with van der Waals surface area (Å²) in [6, 6.07) is 0. The normalized spacial score (nSPS) is 30.2. The van der Waals surface area contributed by atoms with Gasteiger partial charge in [-0.25, -0.2) is 0 Å². The molecule has 0 bridgehead atoms. The van der Waals surface area contributed by atoms with Crippen LogP contribution in [0.3, 0.4) is 0 Å². The van der Waals surface area contributed by atoms with Crippen LogP contribution >= 0.6 is 0 Å². The quantitative estimate of drug-likeness (QED) is 0.494. The topological polar surface area (TPSA) is 47.5 Å². The minimum Gasteiger partial charge on any atom is -0.377 e. The Labute approximate surface area is 148 Å². The molecule has 4 heteroatoms. The highest BCUT2D eigenvalue weighted by atomic mass is 16.3. The van der Waals surface area contributed by atoms with Gasteiger partial charge in [0.2, 0.25) is 0 Å². The van der Waals surface area contributed by atoms with Gasteiger partial charge >= 0.3 is 0 Å². The zero-order chi connectivity index (χ0) is 17.6. The number of hydrogen-bond donors (Lipinski definition) is 3. The number of hydrogen-bond acceptors (Lipinski definition) is 4. The third-order valence-corrected chi connectivity index (χ3v) is 5.68. The van der Waals surface area contributed by atoms with Crippen molar-refractivity contribution in [3.05, 3.63) is 24.3 Å². The fourth-order valence-corrected chi connectivity index (χ4v) is 4.04. The Morgan fingerprint density at radius 2 is 2.12 bits per heavy atom. The fraction of sp³-hybridized carbons (Fsp3) is 0.800. The molecule has 2 rings (SSSR count). The van der Waals surface area contributed by atoms with E-state index in [4.69, 9.17) is 0 Å². The number of nitrogens with zero attached hydrogens (tertiary/aromatic N) is 1. The number of aliphatic hydroxyl groups is 1. The minimum absolute atomic E-state index is 0.258. The Morgan fingerprint density at radius 3 is 2.88 bits per heavy atom. The molecule has 0 spiro atoms. The highest BCUT2D eigenvalue weighted by Gasteiger charge is 2.54. The first-order valence-electron chi connectivity index (χ1n) is 9.55. The Kier molecular flexibility index (Phi) is 7.05. The van der Waals surface area contributed by atoms with Gasteiger partial charge in [0, 0.05) is 18.6 Å². The van der Waals surface area contributed by atoms with Crippen LogP contribution in [-0.2, 0) is 0 Å². The lowest BCUT2D eigenvalue weighted by Crippen LogP contribution is -2.45.